The molecule has 1 aromatic heterocycles. The van der Waals surface area contributed by atoms with E-state index in [9.17, 15) is 9.59 Å². The molecule has 0 fully saturated rings. The number of thioether (sulfide) groups is 1. The Hall–Kier alpha value is -3.19. The molecule has 0 aliphatic rings. The fourth-order valence-electron chi connectivity index (χ4n) is 2.75. The minimum absolute atomic E-state index is 0.229. The summed E-state index contributed by atoms with van der Waals surface area (Å²) in [5.74, 6) is 0.925. The number of rotatable bonds is 9. The number of amides is 3. The van der Waals surface area contributed by atoms with Crippen molar-refractivity contribution >= 4 is 29.4 Å². The van der Waals surface area contributed by atoms with Gasteiger partial charge in [0.05, 0.1) is 18.5 Å². The third-order valence-electron chi connectivity index (χ3n) is 4.16. The second-order valence-electron chi connectivity index (χ2n) is 6.41. The number of hydrogen-bond donors (Lipinski definition) is 2. The molecule has 3 aromatic rings. The molecule has 0 atom stereocenters. The van der Waals surface area contributed by atoms with Gasteiger partial charge in [0.1, 0.15) is 5.76 Å². The molecule has 1 heterocycles. The maximum absolute atomic E-state index is 13.1. The quantitative estimate of drug-likeness (QED) is 0.510. The van der Waals surface area contributed by atoms with E-state index in [0.29, 0.717) is 30.3 Å². The molecule has 0 spiro atoms. The van der Waals surface area contributed by atoms with Gasteiger partial charge >= 0.3 is 6.03 Å². The van der Waals surface area contributed by atoms with E-state index in [4.69, 9.17) is 10.2 Å². The van der Waals surface area contributed by atoms with Crippen LogP contribution in [0.1, 0.15) is 17.7 Å². The van der Waals surface area contributed by atoms with Crippen LogP contribution in [0.5, 0.6) is 0 Å². The molecule has 0 saturated carbocycles. The number of nitrogens with two attached hydrogens (primary N) is 1. The van der Waals surface area contributed by atoms with Crippen molar-refractivity contribution < 1.29 is 14.0 Å². The number of furan rings is 1. The van der Waals surface area contributed by atoms with E-state index < -0.39 is 0 Å². The molecule has 0 radical (unpaired) electrons. The van der Waals surface area contributed by atoms with Gasteiger partial charge in [-0.3, -0.25) is 4.79 Å². The summed E-state index contributed by atoms with van der Waals surface area (Å²) in [6, 6.07) is 20.7. The molecule has 3 rings (SSSR count). The van der Waals surface area contributed by atoms with Gasteiger partial charge in [0.25, 0.3) is 0 Å². The standard InChI is InChI=1S/C22H23N3O3S/c23-21(26)12-14-29-20-11-5-4-10-19(20)24-22(27)25(16-18-9-6-13-28-18)15-17-7-2-1-3-8-17/h1-11,13H,12,14-16H2,(H2,23,26)(H,24,27). The van der Waals surface area contributed by atoms with Gasteiger partial charge in [-0.1, -0.05) is 42.5 Å². The number of nitrogens with zero attached hydrogens (tertiary/aromatic N) is 1. The summed E-state index contributed by atoms with van der Waals surface area (Å²) < 4.78 is 5.43. The number of primary amides is 1. The van der Waals surface area contributed by atoms with Crippen LogP contribution in [0.25, 0.3) is 0 Å². The molecule has 150 valence electrons. The van der Waals surface area contributed by atoms with Crippen LogP contribution in [0, 0.1) is 0 Å². The van der Waals surface area contributed by atoms with Crippen LogP contribution in [0.3, 0.4) is 0 Å². The van der Waals surface area contributed by atoms with Crippen molar-refractivity contribution in [3.63, 3.8) is 0 Å². The summed E-state index contributed by atoms with van der Waals surface area (Å²) in [6.45, 7) is 0.801. The Morgan fingerprint density at radius 2 is 1.72 bits per heavy atom. The van der Waals surface area contributed by atoms with Gasteiger partial charge in [0.15, 0.2) is 0 Å². The molecule has 29 heavy (non-hydrogen) atoms. The first-order valence-electron chi connectivity index (χ1n) is 9.24. The fraction of sp³-hybridized carbons (Fsp3) is 0.182. The second kappa shape index (κ2) is 10.4. The minimum Gasteiger partial charge on any atom is -0.467 e. The first-order valence-corrected chi connectivity index (χ1v) is 10.2. The van der Waals surface area contributed by atoms with Crippen LogP contribution in [-0.4, -0.2) is 22.6 Å². The van der Waals surface area contributed by atoms with Crippen LogP contribution in [-0.2, 0) is 17.9 Å². The number of carbonyl (C=O) groups excluding carboxylic acids is 2. The Balaban J connectivity index is 1.73. The summed E-state index contributed by atoms with van der Waals surface area (Å²) in [5.41, 5.74) is 6.94. The third-order valence-corrected chi connectivity index (χ3v) is 5.24. The summed E-state index contributed by atoms with van der Waals surface area (Å²) in [6.07, 6.45) is 1.88. The number of benzene rings is 2. The molecule has 3 amide bonds. The lowest BCUT2D eigenvalue weighted by Gasteiger charge is -2.23. The van der Waals surface area contributed by atoms with Gasteiger partial charge in [0, 0.05) is 23.6 Å². The molecule has 0 unspecified atom stereocenters. The molecule has 0 bridgehead atoms. The average molecular weight is 410 g/mol. The highest BCUT2D eigenvalue weighted by Gasteiger charge is 2.17. The van der Waals surface area contributed by atoms with Crippen molar-refractivity contribution in [3.05, 3.63) is 84.3 Å². The van der Waals surface area contributed by atoms with Crippen LogP contribution < -0.4 is 11.1 Å². The van der Waals surface area contributed by atoms with Crippen molar-refractivity contribution in [2.24, 2.45) is 5.73 Å². The number of hydrogen-bond acceptors (Lipinski definition) is 4. The lowest BCUT2D eigenvalue weighted by Crippen LogP contribution is -2.34. The van der Waals surface area contributed by atoms with E-state index in [1.54, 1.807) is 17.2 Å². The number of carbonyl (C=O) groups is 2. The SMILES string of the molecule is NC(=O)CCSc1ccccc1NC(=O)N(Cc1ccccc1)Cc1ccco1. The van der Waals surface area contributed by atoms with Gasteiger partial charge in [0.2, 0.25) is 5.91 Å². The van der Waals surface area contributed by atoms with Crippen LogP contribution in [0.15, 0.2) is 82.3 Å². The minimum atomic E-state index is -0.341. The van der Waals surface area contributed by atoms with Crippen LogP contribution in [0.4, 0.5) is 10.5 Å². The molecule has 6 nitrogen and oxygen atoms in total. The lowest BCUT2D eigenvalue weighted by molar-refractivity contribution is -0.117. The molecule has 0 saturated heterocycles. The Morgan fingerprint density at radius 3 is 2.45 bits per heavy atom. The summed E-state index contributed by atoms with van der Waals surface area (Å²) in [5, 5.41) is 2.99. The predicted molar refractivity (Wildman–Crippen MR) is 114 cm³/mol. The average Bonchev–Trinajstić information content (AvgIpc) is 3.22. The zero-order chi connectivity index (χ0) is 20.5. The van der Waals surface area contributed by atoms with Crippen molar-refractivity contribution in [1.82, 2.24) is 4.90 Å². The van der Waals surface area contributed by atoms with Gasteiger partial charge < -0.3 is 20.4 Å². The smallest absolute Gasteiger partial charge is 0.322 e. The van der Waals surface area contributed by atoms with E-state index in [0.717, 1.165) is 10.5 Å². The van der Waals surface area contributed by atoms with Gasteiger partial charge in [-0.15, -0.1) is 11.8 Å². The monoisotopic (exact) mass is 409 g/mol. The highest BCUT2D eigenvalue weighted by Crippen LogP contribution is 2.28. The van der Waals surface area contributed by atoms with Gasteiger partial charge in [-0.2, -0.15) is 0 Å². The summed E-state index contributed by atoms with van der Waals surface area (Å²) in [7, 11) is 0. The van der Waals surface area contributed by atoms with Gasteiger partial charge in [-0.05, 0) is 29.8 Å². The molecule has 3 N–H and O–H groups in total. The normalized spacial score (nSPS) is 10.5. The molecule has 2 aromatic carbocycles. The number of para-hydroxylation sites is 1. The van der Waals surface area contributed by atoms with Crippen molar-refractivity contribution in [1.29, 1.82) is 0 Å². The summed E-state index contributed by atoms with van der Waals surface area (Å²) >= 11 is 1.49. The van der Waals surface area contributed by atoms with Crippen LogP contribution >= 0.6 is 11.8 Å². The Kier molecular flexibility index (Phi) is 7.35. The molecular formula is C22H23N3O3S. The van der Waals surface area contributed by atoms with E-state index in [1.165, 1.54) is 11.8 Å². The zero-order valence-electron chi connectivity index (χ0n) is 15.9. The third kappa shape index (κ3) is 6.43. The van der Waals surface area contributed by atoms with E-state index in [2.05, 4.69) is 5.32 Å². The molecule has 0 aliphatic heterocycles. The largest absolute Gasteiger partial charge is 0.467 e. The van der Waals surface area contributed by atoms with E-state index in [1.807, 2.05) is 60.7 Å². The molecule has 0 aliphatic carbocycles. The maximum Gasteiger partial charge on any atom is 0.322 e. The zero-order valence-corrected chi connectivity index (χ0v) is 16.7. The topological polar surface area (TPSA) is 88.6 Å². The highest BCUT2D eigenvalue weighted by molar-refractivity contribution is 7.99. The van der Waals surface area contributed by atoms with E-state index in [-0.39, 0.29) is 18.4 Å². The van der Waals surface area contributed by atoms with Gasteiger partial charge in [-0.25, -0.2) is 4.79 Å². The first kappa shape index (κ1) is 20.5. The Morgan fingerprint density at radius 1 is 0.966 bits per heavy atom. The number of nitrogens with one attached hydrogen (secondary N) is 1. The number of anilines is 1. The molecule has 7 heteroatoms. The van der Waals surface area contributed by atoms with E-state index >= 15 is 0 Å². The maximum atomic E-state index is 13.1. The fourth-order valence-corrected chi connectivity index (χ4v) is 3.72. The Labute approximate surface area is 174 Å². The van der Waals surface area contributed by atoms with Crippen molar-refractivity contribution in [2.45, 2.75) is 24.4 Å². The first-order chi connectivity index (χ1) is 14.1. The van der Waals surface area contributed by atoms with Crippen molar-refractivity contribution in [2.75, 3.05) is 11.1 Å². The number of urea groups is 1. The predicted octanol–water partition coefficient (Wildman–Crippen LogP) is 4.48. The molecular weight excluding hydrogens is 386 g/mol. The highest BCUT2D eigenvalue weighted by atomic mass is 32.2. The summed E-state index contributed by atoms with van der Waals surface area (Å²) in [4.78, 5) is 26.6. The second-order valence-corrected chi connectivity index (χ2v) is 7.55. The van der Waals surface area contributed by atoms with Crippen molar-refractivity contribution in [3.8, 4) is 0 Å². The Bertz CT molecular complexity index is 929. The van der Waals surface area contributed by atoms with Crippen LogP contribution in [0.2, 0.25) is 0 Å². The lowest BCUT2D eigenvalue weighted by atomic mass is 10.2.